The molecule has 15 heavy (non-hydrogen) atoms. The van der Waals surface area contributed by atoms with Gasteiger partial charge in [-0.15, -0.1) is 0 Å². The average molecular weight is 223 g/mol. The van der Waals surface area contributed by atoms with Gasteiger partial charge in [-0.1, -0.05) is 24.9 Å². The SMILES string of the molecule is CCCCC(N)c1nc(C(F)(F)F)no1. The first kappa shape index (κ1) is 12.0. The van der Waals surface area contributed by atoms with Gasteiger partial charge in [0.05, 0.1) is 6.04 Å². The second kappa shape index (κ2) is 4.61. The third kappa shape index (κ3) is 3.19. The smallest absolute Gasteiger partial charge is 0.337 e. The molecular formula is C8H12F3N3O. The monoisotopic (exact) mass is 223 g/mol. The van der Waals surface area contributed by atoms with Gasteiger partial charge in [0, 0.05) is 0 Å². The minimum Gasteiger partial charge on any atom is -0.337 e. The molecule has 1 aromatic heterocycles. The van der Waals surface area contributed by atoms with E-state index < -0.39 is 18.0 Å². The Bertz CT molecular complexity index is 310. The summed E-state index contributed by atoms with van der Waals surface area (Å²) in [4.78, 5) is 3.21. The van der Waals surface area contributed by atoms with Crippen molar-refractivity contribution in [1.29, 1.82) is 0 Å². The minimum atomic E-state index is -4.58. The van der Waals surface area contributed by atoms with E-state index in [1.54, 1.807) is 0 Å². The van der Waals surface area contributed by atoms with Crippen LogP contribution in [-0.2, 0) is 6.18 Å². The van der Waals surface area contributed by atoms with Gasteiger partial charge in [-0.3, -0.25) is 0 Å². The number of halogens is 3. The van der Waals surface area contributed by atoms with Crippen molar-refractivity contribution in [2.24, 2.45) is 5.73 Å². The molecule has 0 aliphatic heterocycles. The Kier molecular flexibility index (Phi) is 3.67. The van der Waals surface area contributed by atoms with Gasteiger partial charge in [0.25, 0.3) is 5.82 Å². The molecule has 0 spiro atoms. The van der Waals surface area contributed by atoms with Crippen molar-refractivity contribution in [2.45, 2.75) is 38.4 Å². The van der Waals surface area contributed by atoms with Crippen LogP contribution in [0.15, 0.2) is 4.52 Å². The predicted octanol–water partition coefficient (Wildman–Crippen LogP) is 2.28. The summed E-state index contributed by atoms with van der Waals surface area (Å²) in [5, 5.41) is 2.83. The molecule has 7 heteroatoms. The van der Waals surface area contributed by atoms with E-state index in [-0.39, 0.29) is 5.89 Å². The van der Waals surface area contributed by atoms with Crippen LogP contribution in [0.4, 0.5) is 13.2 Å². The number of unbranched alkanes of at least 4 members (excludes halogenated alkanes) is 1. The minimum absolute atomic E-state index is 0.157. The maximum Gasteiger partial charge on any atom is 0.455 e. The van der Waals surface area contributed by atoms with Crippen LogP contribution in [0, 0.1) is 0 Å². The van der Waals surface area contributed by atoms with E-state index in [1.165, 1.54) is 0 Å². The Morgan fingerprint density at radius 1 is 1.47 bits per heavy atom. The number of hydrogen-bond acceptors (Lipinski definition) is 4. The van der Waals surface area contributed by atoms with E-state index in [0.29, 0.717) is 6.42 Å². The molecule has 0 saturated carbocycles. The molecule has 86 valence electrons. The van der Waals surface area contributed by atoms with Crippen molar-refractivity contribution in [3.05, 3.63) is 11.7 Å². The summed E-state index contributed by atoms with van der Waals surface area (Å²) < 4.78 is 40.7. The van der Waals surface area contributed by atoms with Crippen molar-refractivity contribution in [3.63, 3.8) is 0 Å². The molecule has 0 saturated heterocycles. The molecule has 4 nitrogen and oxygen atoms in total. The van der Waals surface area contributed by atoms with Crippen LogP contribution in [0.2, 0.25) is 0 Å². The molecule has 0 aromatic carbocycles. The third-order valence-electron chi connectivity index (χ3n) is 1.88. The van der Waals surface area contributed by atoms with Gasteiger partial charge in [-0.2, -0.15) is 18.2 Å². The van der Waals surface area contributed by atoms with Crippen LogP contribution >= 0.6 is 0 Å². The second-order valence-corrected chi connectivity index (χ2v) is 3.20. The van der Waals surface area contributed by atoms with Gasteiger partial charge in [0.1, 0.15) is 0 Å². The highest BCUT2D eigenvalue weighted by Crippen LogP contribution is 2.27. The maximum absolute atomic E-state index is 12.1. The normalized spacial score (nSPS) is 14.2. The number of hydrogen-bond donors (Lipinski definition) is 1. The maximum atomic E-state index is 12.1. The average Bonchev–Trinajstić information content (AvgIpc) is 2.62. The summed E-state index contributed by atoms with van der Waals surface area (Å²) in [6, 6.07) is -0.617. The number of alkyl halides is 3. The Hall–Kier alpha value is -1.11. The van der Waals surface area contributed by atoms with Gasteiger partial charge >= 0.3 is 6.18 Å². The first-order valence-electron chi connectivity index (χ1n) is 4.61. The van der Waals surface area contributed by atoms with Gasteiger partial charge < -0.3 is 10.3 Å². The fourth-order valence-electron chi connectivity index (χ4n) is 1.05. The Morgan fingerprint density at radius 3 is 2.60 bits per heavy atom. The van der Waals surface area contributed by atoms with Gasteiger partial charge in [0.15, 0.2) is 0 Å². The molecule has 1 atom stereocenters. The van der Waals surface area contributed by atoms with Crippen LogP contribution < -0.4 is 5.73 Å². The summed E-state index contributed by atoms with van der Waals surface area (Å²) >= 11 is 0. The number of aromatic nitrogens is 2. The lowest BCUT2D eigenvalue weighted by Gasteiger charge is -2.03. The summed E-state index contributed by atoms with van der Waals surface area (Å²) in [5.41, 5.74) is 5.57. The van der Waals surface area contributed by atoms with E-state index in [4.69, 9.17) is 5.73 Å². The Morgan fingerprint density at radius 2 is 2.13 bits per heavy atom. The van der Waals surface area contributed by atoms with E-state index in [1.807, 2.05) is 6.92 Å². The molecule has 0 aliphatic rings. The second-order valence-electron chi connectivity index (χ2n) is 3.20. The van der Waals surface area contributed by atoms with E-state index in [0.717, 1.165) is 12.8 Å². The van der Waals surface area contributed by atoms with Crippen LogP contribution in [-0.4, -0.2) is 10.1 Å². The predicted molar refractivity (Wildman–Crippen MR) is 45.8 cm³/mol. The highest BCUT2D eigenvalue weighted by atomic mass is 19.4. The zero-order valence-electron chi connectivity index (χ0n) is 8.21. The largest absolute Gasteiger partial charge is 0.455 e. The quantitative estimate of drug-likeness (QED) is 0.850. The number of rotatable bonds is 4. The van der Waals surface area contributed by atoms with Crippen molar-refractivity contribution in [1.82, 2.24) is 10.1 Å². The van der Waals surface area contributed by atoms with Crippen molar-refractivity contribution in [2.75, 3.05) is 0 Å². The van der Waals surface area contributed by atoms with Crippen LogP contribution in [0.5, 0.6) is 0 Å². The van der Waals surface area contributed by atoms with Crippen molar-refractivity contribution in [3.8, 4) is 0 Å². The van der Waals surface area contributed by atoms with E-state index >= 15 is 0 Å². The van der Waals surface area contributed by atoms with Gasteiger partial charge in [-0.05, 0) is 6.42 Å². The van der Waals surface area contributed by atoms with Crippen molar-refractivity contribution >= 4 is 0 Å². The van der Waals surface area contributed by atoms with Crippen LogP contribution in [0.1, 0.15) is 43.9 Å². The zero-order valence-corrected chi connectivity index (χ0v) is 8.21. The first-order valence-corrected chi connectivity index (χ1v) is 4.61. The van der Waals surface area contributed by atoms with Crippen LogP contribution in [0.3, 0.4) is 0 Å². The lowest BCUT2D eigenvalue weighted by molar-refractivity contribution is -0.146. The standard InChI is InChI=1S/C8H12F3N3O/c1-2-3-4-5(12)6-13-7(14-15-6)8(9,10)11/h5H,2-4,12H2,1H3. The molecule has 1 rings (SSSR count). The van der Waals surface area contributed by atoms with Gasteiger partial charge in [0.2, 0.25) is 5.89 Å². The Balaban J connectivity index is 2.67. The number of nitrogens with two attached hydrogens (primary N) is 1. The molecule has 0 fully saturated rings. The highest BCUT2D eigenvalue weighted by molar-refractivity contribution is 4.94. The lowest BCUT2D eigenvalue weighted by Crippen LogP contribution is -2.12. The lowest BCUT2D eigenvalue weighted by atomic mass is 10.1. The highest BCUT2D eigenvalue weighted by Gasteiger charge is 2.37. The molecule has 0 bridgehead atoms. The first-order chi connectivity index (χ1) is 6.95. The van der Waals surface area contributed by atoms with E-state index in [2.05, 4.69) is 14.7 Å². The molecule has 1 aromatic rings. The third-order valence-corrected chi connectivity index (χ3v) is 1.88. The molecular weight excluding hydrogens is 211 g/mol. The molecule has 0 radical (unpaired) electrons. The number of nitrogens with zero attached hydrogens (tertiary/aromatic N) is 2. The summed E-state index contributed by atoms with van der Waals surface area (Å²) in [6.45, 7) is 1.96. The molecule has 0 aliphatic carbocycles. The fraction of sp³-hybridized carbons (Fsp3) is 0.750. The van der Waals surface area contributed by atoms with Crippen molar-refractivity contribution < 1.29 is 17.7 Å². The van der Waals surface area contributed by atoms with E-state index in [9.17, 15) is 13.2 Å². The molecule has 2 N–H and O–H groups in total. The zero-order chi connectivity index (χ0) is 11.5. The summed E-state index contributed by atoms with van der Waals surface area (Å²) in [5.74, 6) is -1.43. The Labute approximate surface area is 84.6 Å². The van der Waals surface area contributed by atoms with Gasteiger partial charge in [-0.25, -0.2) is 0 Å². The molecule has 0 amide bonds. The fourth-order valence-corrected chi connectivity index (χ4v) is 1.05. The van der Waals surface area contributed by atoms with Crippen LogP contribution in [0.25, 0.3) is 0 Å². The molecule has 1 heterocycles. The topological polar surface area (TPSA) is 64.9 Å². The summed E-state index contributed by atoms with van der Waals surface area (Å²) in [7, 11) is 0. The molecule has 1 unspecified atom stereocenters. The summed E-state index contributed by atoms with van der Waals surface area (Å²) in [6.07, 6.45) is -2.32.